The van der Waals surface area contributed by atoms with E-state index in [4.69, 9.17) is 9.15 Å². The molecule has 0 N–H and O–H groups in total. The van der Waals surface area contributed by atoms with Gasteiger partial charge < -0.3 is 9.15 Å². The van der Waals surface area contributed by atoms with Crippen molar-refractivity contribution >= 4 is 17.0 Å². The minimum atomic E-state index is -0.337. The molecular weight excluding hydrogens is 228 g/mol. The molecular formula is C15H14O3. The topological polar surface area (TPSA) is 39.4 Å². The van der Waals surface area contributed by atoms with Gasteiger partial charge in [-0.3, -0.25) is 0 Å². The minimum Gasteiger partial charge on any atom is -0.483 e. The molecule has 0 bridgehead atoms. The van der Waals surface area contributed by atoms with E-state index in [-0.39, 0.29) is 11.2 Å². The fourth-order valence-electron chi connectivity index (χ4n) is 2.23. The van der Waals surface area contributed by atoms with E-state index in [0.717, 1.165) is 22.3 Å². The normalized spacial score (nSPS) is 16.4. The molecule has 0 radical (unpaired) electrons. The number of fused-ring (bicyclic) bond motifs is 2. The van der Waals surface area contributed by atoms with Gasteiger partial charge in [-0.25, -0.2) is 4.79 Å². The highest BCUT2D eigenvalue weighted by molar-refractivity contribution is 5.86. The molecule has 0 aliphatic carbocycles. The Bertz CT molecular complexity index is 720. The van der Waals surface area contributed by atoms with Gasteiger partial charge in [0.25, 0.3) is 0 Å². The molecule has 3 nitrogen and oxygen atoms in total. The van der Waals surface area contributed by atoms with Gasteiger partial charge >= 0.3 is 5.63 Å². The second-order valence-electron chi connectivity index (χ2n) is 5.13. The van der Waals surface area contributed by atoms with E-state index >= 15 is 0 Å². The van der Waals surface area contributed by atoms with Crippen LogP contribution in [0.3, 0.4) is 0 Å². The Morgan fingerprint density at radius 1 is 1.22 bits per heavy atom. The highest BCUT2D eigenvalue weighted by Crippen LogP contribution is 2.37. The first-order valence-electron chi connectivity index (χ1n) is 5.92. The first-order chi connectivity index (χ1) is 8.46. The summed E-state index contributed by atoms with van der Waals surface area (Å²) in [5, 5.41) is 0.916. The fraction of sp³-hybridized carbons (Fsp3) is 0.267. The summed E-state index contributed by atoms with van der Waals surface area (Å²) < 4.78 is 11.2. The zero-order valence-corrected chi connectivity index (χ0v) is 10.6. The molecule has 2 heterocycles. The van der Waals surface area contributed by atoms with Crippen LogP contribution in [0.15, 0.2) is 33.5 Å². The van der Waals surface area contributed by atoms with E-state index < -0.39 is 0 Å². The minimum absolute atomic E-state index is 0.333. The van der Waals surface area contributed by atoms with Gasteiger partial charge in [0.2, 0.25) is 0 Å². The van der Waals surface area contributed by atoms with Crippen molar-refractivity contribution < 1.29 is 9.15 Å². The predicted octanol–water partition coefficient (Wildman–Crippen LogP) is 3.29. The molecule has 0 unspecified atom stereocenters. The van der Waals surface area contributed by atoms with Crippen molar-refractivity contribution in [2.45, 2.75) is 26.4 Å². The first-order valence-corrected chi connectivity index (χ1v) is 5.92. The quantitative estimate of drug-likeness (QED) is 0.665. The Morgan fingerprint density at radius 3 is 2.78 bits per heavy atom. The first kappa shape index (κ1) is 11.1. The van der Waals surface area contributed by atoms with Crippen molar-refractivity contribution in [1.82, 2.24) is 0 Å². The number of ether oxygens (including phenoxy) is 1. The third-order valence-corrected chi connectivity index (χ3v) is 3.15. The standard InChI is InChI=1S/C15H14O3/c1-9-13-10(4-5-12(16)17-13)8-11-6-7-15(2,3)18-14(9)11/h4-8H,1-3H3. The summed E-state index contributed by atoms with van der Waals surface area (Å²) in [5.41, 5.74) is 1.83. The van der Waals surface area contributed by atoms with Crippen LogP contribution in [-0.2, 0) is 0 Å². The van der Waals surface area contributed by atoms with Crippen molar-refractivity contribution in [2.75, 3.05) is 0 Å². The van der Waals surface area contributed by atoms with Crippen LogP contribution >= 0.6 is 0 Å². The molecule has 1 aromatic carbocycles. The summed E-state index contributed by atoms with van der Waals surface area (Å²) in [6.45, 7) is 5.91. The van der Waals surface area contributed by atoms with Gasteiger partial charge in [-0.1, -0.05) is 6.08 Å². The molecule has 0 atom stereocenters. The molecule has 3 rings (SSSR count). The van der Waals surface area contributed by atoms with Crippen molar-refractivity contribution in [3.05, 3.63) is 45.8 Å². The summed E-state index contributed by atoms with van der Waals surface area (Å²) in [6.07, 6.45) is 4.08. The third-order valence-electron chi connectivity index (χ3n) is 3.15. The van der Waals surface area contributed by atoms with Crippen LogP contribution in [-0.4, -0.2) is 5.60 Å². The van der Waals surface area contributed by atoms with Crippen molar-refractivity contribution in [1.29, 1.82) is 0 Å². The molecule has 18 heavy (non-hydrogen) atoms. The molecule has 92 valence electrons. The maximum absolute atomic E-state index is 11.3. The van der Waals surface area contributed by atoms with E-state index in [1.54, 1.807) is 6.07 Å². The van der Waals surface area contributed by atoms with Gasteiger partial charge in [-0.2, -0.15) is 0 Å². The van der Waals surface area contributed by atoms with Crippen molar-refractivity contribution in [2.24, 2.45) is 0 Å². The summed E-state index contributed by atoms with van der Waals surface area (Å²) in [6, 6.07) is 5.19. The van der Waals surface area contributed by atoms with Crippen LogP contribution in [0.5, 0.6) is 5.75 Å². The van der Waals surface area contributed by atoms with Crippen molar-refractivity contribution in [3.63, 3.8) is 0 Å². The third kappa shape index (κ3) is 1.63. The molecule has 0 amide bonds. The van der Waals surface area contributed by atoms with Crippen LogP contribution < -0.4 is 10.4 Å². The van der Waals surface area contributed by atoms with Gasteiger partial charge in [-0.05, 0) is 39.0 Å². The molecule has 0 fully saturated rings. The Hall–Kier alpha value is -2.03. The molecule has 0 saturated heterocycles. The van der Waals surface area contributed by atoms with Crippen LogP contribution in [0.1, 0.15) is 25.0 Å². The van der Waals surface area contributed by atoms with Crippen LogP contribution in [0.25, 0.3) is 17.0 Å². The maximum Gasteiger partial charge on any atom is 0.336 e. The summed E-state index contributed by atoms with van der Waals surface area (Å²) in [4.78, 5) is 11.3. The second-order valence-corrected chi connectivity index (χ2v) is 5.13. The highest BCUT2D eigenvalue weighted by atomic mass is 16.5. The Kier molecular flexibility index (Phi) is 2.14. The van der Waals surface area contributed by atoms with Crippen LogP contribution in [0.2, 0.25) is 0 Å². The highest BCUT2D eigenvalue weighted by Gasteiger charge is 2.24. The van der Waals surface area contributed by atoms with Crippen LogP contribution in [0.4, 0.5) is 0 Å². The molecule has 1 aliphatic rings. The van der Waals surface area contributed by atoms with Gasteiger partial charge in [0, 0.05) is 22.6 Å². The van der Waals surface area contributed by atoms with E-state index in [0.29, 0.717) is 5.58 Å². The van der Waals surface area contributed by atoms with Crippen molar-refractivity contribution in [3.8, 4) is 5.75 Å². The summed E-state index contributed by atoms with van der Waals surface area (Å²) in [7, 11) is 0. The zero-order chi connectivity index (χ0) is 12.9. The average Bonchev–Trinajstić information content (AvgIpc) is 2.31. The Balaban J connectivity index is 2.36. The summed E-state index contributed by atoms with van der Waals surface area (Å²) in [5.74, 6) is 0.796. The number of benzene rings is 1. The summed E-state index contributed by atoms with van der Waals surface area (Å²) >= 11 is 0. The van der Waals surface area contributed by atoms with Crippen LogP contribution in [0, 0.1) is 6.92 Å². The zero-order valence-electron chi connectivity index (χ0n) is 10.6. The van der Waals surface area contributed by atoms with Gasteiger partial charge in [0.15, 0.2) is 0 Å². The second kappa shape index (κ2) is 3.48. The van der Waals surface area contributed by atoms with E-state index in [9.17, 15) is 4.79 Å². The number of hydrogen-bond acceptors (Lipinski definition) is 3. The Labute approximate surface area is 105 Å². The Morgan fingerprint density at radius 2 is 2.00 bits per heavy atom. The van der Waals surface area contributed by atoms with Gasteiger partial charge in [-0.15, -0.1) is 0 Å². The lowest BCUT2D eigenvalue weighted by Gasteiger charge is -2.29. The fourth-order valence-corrected chi connectivity index (χ4v) is 2.23. The molecule has 1 aliphatic heterocycles. The molecule has 0 spiro atoms. The average molecular weight is 242 g/mol. The molecule has 3 heteroatoms. The van der Waals surface area contributed by atoms with Gasteiger partial charge in [0.1, 0.15) is 16.9 Å². The lowest BCUT2D eigenvalue weighted by Crippen LogP contribution is -2.28. The van der Waals surface area contributed by atoms with E-state index in [1.165, 1.54) is 6.07 Å². The smallest absolute Gasteiger partial charge is 0.336 e. The molecule has 1 aromatic heterocycles. The largest absolute Gasteiger partial charge is 0.483 e. The molecule has 0 saturated carbocycles. The number of hydrogen-bond donors (Lipinski definition) is 0. The van der Waals surface area contributed by atoms with Gasteiger partial charge in [0.05, 0.1) is 0 Å². The maximum atomic E-state index is 11.3. The van der Waals surface area contributed by atoms with E-state index in [2.05, 4.69) is 6.08 Å². The number of rotatable bonds is 0. The predicted molar refractivity (Wildman–Crippen MR) is 71.0 cm³/mol. The van der Waals surface area contributed by atoms with E-state index in [1.807, 2.05) is 32.9 Å². The number of aryl methyl sites for hydroxylation is 1. The SMILES string of the molecule is Cc1c2c(cc3ccc(=O)oc13)C=CC(C)(C)O2. The lowest BCUT2D eigenvalue weighted by molar-refractivity contribution is 0.158. The monoisotopic (exact) mass is 242 g/mol. The molecule has 2 aromatic rings. The lowest BCUT2D eigenvalue weighted by atomic mass is 9.98.